The molecule has 0 aliphatic rings. The average molecular weight is 346 g/mol. The van der Waals surface area contributed by atoms with Crippen LogP contribution in [0.15, 0.2) is 29.3 Å². The van der Waals surface area contributed by atoms with E-state index in [-0.39, 0.29) is 16.5 Å². The number of nitrogens with zero attached hydrogens (tertiary/aromatic N) is 1. The smallest absolute Gasteiger partial charge is 0.242 e. The summed E-state index contributed by atoms with van der Waals surface area (Å²) in [6.07, 6.45) is 1.72. The van der Waals surface area contributed by atoms with Crippen molar-refractivity contribution >= 4 is 33.0 Å². The molecule has 0 bridgehead atoms. The van der Waals surface area contributed by atoms with E-state index in [1.807, 2.05) is 6.92 Å². The zero-order valence-corrected chi connectivity index (χ0v) is 14.0. The van der Waals surface area contributed by atoms with Crippen molar-refractivity contribution in [3.05, 3.63) is 44.9 Å². The van der Waals surface area contributed by atoms with Crippen molar-refractivity contribution in [1.29, 1.82) is 0 Å². The van der Waals surface area contributed by atoms with E-state index in [0.717, 1.165) is 4.88 Å². The quantitative estimate of drug-likeness (QED) is 0.872. The van der Waals surface area contributed by atoms with Crippen LogP contribution in [0.25, 0.3) is 0 Å². The predicted octanol–water partition coefficient (Wildman–Crippen LogP) is 2.60. The molecule has 1 aromatic carbocycles. The van der Waals surface area contributed by atoms with Crippen LogP contribution in [-0.2, 0) is 16.6 Å². The van der Waals surface area contributed by atoms with Crippen molar-refractivity contribution in [2.24, 2.45) is 5.73 Å². The van der Waals surface area contributed by atoms with Crippen LogP contribution >= 0.6 is 22.9 Å². The fourth-order valence-corrected chi connectivity index (χ4v) is 4.41. The fourth-order valence-electron chi connectivity index (χ4n) is 1.80. The van der Waals surface area contributed by atoms with Gasteiger partial charge in [0.15, 0.2) is 0 Å². The Bertz CT molecular complexity index is 744. The minimum atomic E-state index is -3.73. The SMILES string of the molecule is Cc1cnc(C(C)NS(=O)(=O)c2cc(CN)ccc2Cl)s1. The number of rotatable bonds is 5. The molecule has 114 valence electrons. The van der Waals surface area contributed by atoms with Gasteiger partial charge in [0.1, 0.15) is 9.90 Å². The maximum atomic E-state index is 12.5. The molecule has 0 aliphatic carbocycles. The largest absolute Gasteiger partial charge is 0.326 e. The van der Waals surface area contributed by atoms with Gasteiger partial charge in [-0.3, -0.25) is 0 Å². The summed E-state index contributed by atoms with van der Waals surface area (Å²) in [5.41, 5.74) is 6.25. The Morgan fingerprint density at radius 1 is 1.48 bits per heavy atom. The zero-order chi connectivity index (χ0) is 15.6. The van der Waals surface area contributed by atoms with E-state index in [9.17, 15) is 8.42 Å². The Balaban J connectivity index is 2.30. The van der Waals surface area contributed by atoms with Crippen LogP contribution in [0.3, 0.4) is 0 Å². The van der Waals surface area contributed by atoms with Gasteiger partial charge in [0.2, 0.25) is 10.0 Å². The molecule has 0 saturated heterocycles. The number of aromatic nitrogens is 1. The summed E-state index contributed by atoms with van der Waals surface area (Å²) in [5, 5.41) is 0.879. The summed E-state index contributed by atoms with van der Waals surface area (Å²) in [6, 6.07) is 4.31. The first-order valence-electron chi connectivity index (χ1n) is 6.26. The van der Waals surface area contributed by atoms with Gasteiger partial charge in [0, 0.05) is 17.6 Å². The third-order valence-corrected chi connectivity index (χ3v) is 5.98. The number of benzene rings is 1. The molecule has 2 aromatic rings. The Kier molecular flexibility index (Phi) is 5.00. The highest BCUT2D eigenvalue weighted by molar-refractivity contribution is 7.89. The van der Waals surface area contributed by atoms with Gasteiger partial charge >= 0.3 is 0 Å². The molecule has 0 spiro atoms. The summed E-state index contributed by atoms with van der Waals surface area (Å²) in [4.78, 5) is 5.25. The molecule has 3 N–H and O–H groups in total. The summed E-state index contributed by atoms with van der Waals surface area (Å²) in [6.45, 7) is 3.92. The predicted molar refractivity (Wildman–Crippen MR) is 84.9 cm³/mol. The van der Waals surface area contributed by atoms with Crippen LogP contribution in [0.4, 0.5) is 0 Å². The van der Waals surface area contributed by atoms with Crippen molar-refractivity contribution in [3.8, 4) is 0 Å². The maximum Gasteiger partial charge on any atom is 0.242 e. The van der Waals surface area contributed by atoms with Gasteiger partial charge in [-0.2, -0.15) is 0 Å². The average Bonchev–Trinajstić information content (AvgIpc) is 2.85. The fraction of sp³-hybridized carbons (Fsp3) is 0.308. The van der Waals surface area contributed by atoms with E-state index in [2.05, 4.69) is 9.71 Å². The molecule has 1 aromatic heterocycles. The minimum Gasteiger partial charge on any atom is -0.326 e. The lowest BCUT2D eigenvalue weighted by atomic mass is 10.2. The molecule has 0 amide bonds. The topological polar surface area (TPSA) is 85.1 Å². The van der Waals surface area contributed by atoms with Crippen LogP contribution < -0.4 is 10.5 Å². The number of sulfonamides is 1. The number of nitrogens with two attached hydrogens (primary N) is 1. The zero-order valence-electron chi connectivity index (χ0n) is 11.6. The number of hydrogen-bond donors (Lipinski definition) is 2. The Labute approximate surface area is 133 Å². The lowest BCUT2D eigenvalue weighted by Gasteiger charge is -2.13. The molecule has 2 rings (SSSR count). The van der Waals surface area contributed by atoms with Gasteiger partial charge in [0.05, 0.1) is 11.1 Å². The third-order valence-electron chi connectivity index (χ3n) is 2.86. The standard InChI is InChI=1S/C13H16ClN3O2S2/c1-8-7-16-13(20-8)9(2)17-21(18,19)12-5-10(6-15)3-4-11(12)14/h3-5,7,9,17H,6,15H2,1-2H3. The molecule has 1 unspecified atom stereocenters. The summed E-state index contributed by atoms with van der Waals surface area (Å²) in [7, 11) is -3.73. The number of aryl methyl sites for hydroxylation is 1. The van der Waals surface area contributed by atoms with E-state index in [4.69, 9.17) is 17.3 Å². The highest BCUT2D eigenvalue weighted by Gasteiger charge is 2.22. The van der Waals surface area contributed by atoms with E-state index < -0.39 is 16.1 Å². The lowest BCUT2D eigenvalue weighted by molar-refractivity contribution is 0.566. The summed E-state index contributed by atoms with van der Waals surface area (Å²) >= 11 is 7.45. The molecule has 0 aliphatic heterocycles. The van der Waals surface area contributed by atoms with Crippen molar-refractivity contribution in [3.63, 3.8) is 0 Å². The first-order chi connectivity index (χ1) is 9.83. The minimum absolute atomic E-state index is 0.0345. The second-order valence-electron chi connectivity index (χ2n) is 4.62. The van der Waals surface area contributed by atoms with Gasteiger partial charge in [-0.1, -0.05) is 17.7 Å². The maximum absolute atomic E-state index is 12.5. The van der Waals surface area contributed by atoms with Gasteiger partial charge in [-0.15, -0.1) is 11.3 Å². The lowest BCUT2D eigenvalue weighted by Crippen LogP contribution is -2.27. The normalized spacial score (nSPS) is 13.3. The molecular formula is C13H16ClN3O2S2. The van der Waals surface area contributed by atoms with E-state index in [1.165, 1.54) is 23.5 Å². The Hall–Kier alpha value is -0.990. The number of nitrogens with one attached hydrogen (secondary N) is 1. The molecule has 0 fully saturated rings. The van der Waals surface area contributed by atoms with E-state index >= 15 is 0 Å². The Morgan fingerprint density at radius 3 is 2.76 bits per heavy atom. The molecule has 21 heavy (non-hydrogen) atoms. The van der Waals surface area contributed by atoms with Crippen LogP contribution in [0.2, 0.25) is 5.02 Å². The van der Waals surface area contributed by atoms with Crippen LogP contribution in [0.1, 0.15) is 28.4 Å². The third kappa shape index (κ3) is 3.81. The number of halogens is 1. The molecule has 0 saturated carbocycles. The number of thiazole rings is 1. The van der Waals surface area contributed by atoms with Crippen molar-refractivity contribution in [2.75, 3.05) is 0 Å². The van der Waals surface area contributed by atoms with E-state index in [1.54, 1.807) is 19.2 Å². The summed E-state index contributed by atoms with van der Waals surface area (Å²) < 4.78 is 27.5. The van der Waals surface area contributed by atoms with Crippen molar-refractivity contribution < 1.29 is 8.42 Å². The molecule has 8 heteroatoms. The van der Waals surface area contributed by atoms with Gasteiger partial charge in [0.25, 0.3) is 0 Å². The van der Waals surface area contributed by atoms with Gasteiger partial charge < -0.3 is 5.73 Å². The second kappa shape index (κ2) is 6.41. The van der Waals surface area contributed by atoms with Crippen LogP contribution in [-0.4, -0.2) is 13.4 Å². The first kappa shape index (κ1) is 16.4. The van der Waals surface area contributed by atoms with Gasteiger partial charge in [-0.05, 0) is 31.5 Å². The van der Waals surface area contributed by atoms with Crippen LogP contribution in [0, 0.1) is 6.92 Å². The molecule has 1 atom stereocenters. The summed E-state index contributed by atoms with van der Waals surface area (Å²) in [5.74, 6) is 0. The van der Waals surface area contributed by atoms with Crippen molar-refractivity contribution in [2.45, 2.75) is 31.3 Å². The molecule has 1 heterocycles. The highest BCUT2D eigenvalue weighted by atomic mass is 35.5. The second-order valence-corrected chi connectivity index (χ2v) is 7.98. The van der Waals surface area contributed by atoms with E-state index in [0.29, 0.717) is 10.6 Å². The van der Waals surface area contributed by atoms with Crippen LogP contribution in [0.5, 0.6) is 0 Å². The van der Waals surface area contributed by atoms with Gasteiger partial charge in [-0.25, -0.2) is 18.1 Å². The molecule has 5 nitrogen and oxygen atoms in total. The molecular weight excluding hydrogens is 330 g/mol. The first-order valence-corrected chi connectivity index (χ1v) is 8.94. The monoisotopic (exact) mass is 345 g/mol. The Morgan fingerprint density at radius 2 is 2.19 bits per heavy atom. The molecule has 0 radical (unpaired) electrons. The van der Waals surface area contributed by atoms with Crippen molar-refractivity contribution in [1.82, 2.24) is 9.71 Å². The highest BCUT2D eigenvalue weighted by Crippen LogP contribution is 2.26. The number of hydrogen-bond acceptors (Lipinski definition) is 5.